The SMILES string of the molecule is CC(=O)N(c1nc(/C=C/C(=O)N(CCN(C)C)Cc2ccc(F)cc2)cs1)c1ccccc1F. The average molecular weight is 485 g/mol. The van der Waals surface area contributed by atoms with Crippen molar-refractivity contribution >= 4 is 40.0 Å². The maximum atomic E-state index is 14.3. The zero-order valence-electron chi connectivity index (χ0n) is 19.2. The Morgan fingerprint density at radius 2 is 1.74 bits per heavy atom. The lowest BCUT2D eigenvalue weighted by molar-refractivity contribution is -0.126. The third-order valence-corrected chi connectivity index (χ3v) is 5.77. The summed E-state index contributed by atoms with van der Waals surface area (Å²) in [6, 6.07) is 12.0. The quantitative estimate of drug-likeness (QED) is 0.413. The molecule has 3 aromatic rings. The van der Waals surface area contributed by atoms with Gasteiger partial charge in [-0.15, -0.1) is 11.3 Å². The maximum Gasteiger partial charge on any atom is 0.246 e. The summed E-state index contributed by atoms with van der Waals surface area (Å²) in [5.41, 5.74) is 1.41. The molecule has 3 rings (SSSR count). The molecule has 2 aromatic carbocycles. The molecule has 0 fully saturated rings. The predicted molar refractivity (Wildman–Crippen MR) is 131 cm³/mol. The molecule has 0 atom stereocenters. The van der Waals surface area contributed by atoms with Gasteiger partial charge in [-0.05, 0) is 50.0 Å². The van der Waals surface area contributed by atoms with Crippen LogP contribution in [-0.4, -0.2) is 53.8 Å². The van der Waals surface area contributed by atoms with E-state index in [0.717, 1.165) is 5.56 Å². The molecule has 1 aromatic heterocycles. The van der Waals surface area contributed by atoms with Crippen LogP contribution in [0, 0.1) is 11.6 Å². The summed E-state index contributed by atoms with van der Waals surface area (Å²) in [5, 5.41) is 2.00. The lowest BCUT2D eigenvalue weighted by atomic mass is 10.2. The van der Waals surface area contributed by atoms with E-state index in [2.05, 4.69) is 4.98 Å². The number of carbonyl (C=O) groups excluding carboxylic acids is 2. The summed E-state index contributed by atoms with van der Waals surface area (Å²) < 4.78 is 27.5. The summed E-state index contributed by atoms with van der Waals surface area (Å²) in [6.07, 6.45) is 2.98. The van der Waals surface area contributed by atoms with E-state index in [1.807, 2.05) is 19.0 Å². The van der Waals surface area contributed by atoms with E-state index in [-0.39, 0.29) is 23.3 Å². The minimum absolute atomic E-state index is 0.116. The van der Waals surface area contributed by atoms with Crippen molar-refractivity contribution in [2.24, 2.45) is 0 Å². The molecule has 0 saturated heterocycles. The molecule has 0 spiro atoms. The number of carbonyl (C=O) groups is 2. The van der Waals surface area contributed by atoms with E-state index in [1.54, 1.807) is 40.6 Å². The van der Waals surface area contributed by atoms with Crippen molar-refractivity contribution in [2.75, 3.05) is 32.1 Å². The first-order valence-corrected chi connectivity index (χ1v) is 11.5. The molecular formula is C25H26F2N4O2S. The lowest BCUT2D eigenvalue weighted by Crippen LogP contribution is -2.35. The Morgan fingerprint density at radius 3 is 2.38 bits per heavy atom. The first kappa shape index (κ1) is 25.2. The van der Waals surface area contributed by atoms with E-state index in [1.165, 1.54) is 53.5 Å². The van der Waals surface area contributed by atoms with Gasteiger partial charge in [0.2, 0.25) is 11.8 Å². The second-order valence-corrected chi connectivity index (χ2v) is 8.72. The monoisotopic (exact) mass is 484 g/mol. The molecule has 0 unspecified atom stereocenters. The minimum atomic E-state index is -0.530. The van der Waals surface area contributed by atoms with Crippen LogP contribution in [0.25, 0.3) is 6.08 Å². The highest BCUT2D eigenvalue weighted by Gasteiger charge is 2.20. The van der Waals surface area contributed by atoms with Gasteiger partial charge in [-0.1, -0.05) is 24.3 Å². The second-order valence-electron chi connectivity index (χ2n) is 7.88. The first-order valence-electron chi connectivity index (χ1n) is 10.6. The predicted octanol–water partition coefficient (Wildman–Crippen LogP) is 4.71. The summed E-state index contributed by atoms with van der Waals surface area (Å²) in [6.45, 7) is 2.83. The highest BCUT2D eigenvalue weighted by molar-refractivity contribution is 7.14. The number of halogens is 2. The van der Waals surface area contributed by atoms with Crippen molar-refractivity contribution in [3.63, 3.8) is 0 Å². The molecule has 0 bridgehead atoms. The summed E-state index contributed by atoms with van der Waals surface area (Å²) in [7, 11) is 3.84. The van der Waals surface area contributed by atoms with Gasteiger partial charge < -0.3 is 9.80 Å². The van der Waals surface area contributed by atoms with Crippen LogP contribution in [0.3, 0.4) is 0 Å². The lowest BCUT2D eigenvalue weighted by Gasteiger charge is -2.23. The smallest absolute Gasteiger partial charge is 0.246 e. The molecule has 2 amide bonds. The van der Waals surface area contributed by atoms with E-state index in [0.29, 0.717) is 30.5 Å². The molecular weight excluding hydrogens is 458 g/mol. The van der Waals surface area contributed by atoms with Crippen molar-refractivity contribution in [3.05, 3.63) is 82.9 Å². The highest BCUT2D eigenvalue weighted by Crippen LogP contribution is 2.31. The normalized spacial score (nSPS) is 11.2. The number of thiazole rings is 1. The number of anilines is 2. The second kappa shape index (κ2) is 11.6. The number of nitrogens with zero attached hydrogens (tertiary/aromatic N) is 4. The van der Waals surface area contributed by atoms with E-state index < -0.39 is 5.82 Å². The Balaban J connectivity index is 1.77. The van der Waals surface area contributed by atoms with Gasteiger partial charge in [0, 0.05) is 38.0 Å². The Morgan fingerprint density at radius 1 is 1.03 bits per heavy atom. The molecule has 178 valence electrons. The number of para-hydroxylation sites is 1. The Labute approximate surface area is 201 Å². The van der Waals surface area contributed by atoms with Gasteiger partial charge in [-0.25, -0.2) is 13.8 Å². The number of likely N-dealkylation sites (N-methyl/N-ethyl adjacent to an activating group) is 1. The zero-order chi connectivity index (χ0) is 24.7. The molecule has 1 heterocycles. The largest absolute Gasteiger partial charge is 0.334 e. The zero-order valence-corrected chi connectivity index (χ0v) is 20.1. The molecule has 9 heteroatoms. The average Bonchev–Trinajstić information content (AvgIpc) is 3.26. The molecule has 0 aliphatic carbocycles. The van der Waals surface area contributed by atoms with Crippen molar-refractivity contribution in [2.45, 2.75) is 13.5 Å². The highest BCUT2D eigenvalue weighted by atomic mass is 32.1. The Kier molecular flexibility index (Phi) is 8.61. The summed E-state index contributed by atoms with van der Waals surface area (Å²) in [5.74, 6) is -1.46. The van der Waals surface area contributed by atoms with Crippen molar-refractivity contribution in [3.8, 4) is 0 Å². The molecule has 0 aliphatic rings. The van der Waals surface area contributed by atoms with Gasteiger partial charge >= 0.3 is 0 Å². The van der Waals surface area contributed by atoms with Gasteiger partial charge in [0.15, 0.2) is 5.13 Å². The standard InChI is InChI=1S/C25H26F2N4O2S/c1-18(32)31(23-7-5-4-6-22(23)27)25-28-21(17-34-25)12-13-24(33)30(15-14-29(2)3)16-19-8-10-20(26)11-9-19/h4-13,17H,14-16H2,1-3H3/b13-12+. The fourth-order valence-electron chi connectivity index (χ4n) is 3.16. The van der Waals surface area contributed by atoms with Crippen LogP contribution in [0.1, 0.15) is 18.2 Å². The van der Waals surface area contributed by atoms with Crippen LogP contribution >= 0.6 is 11.3 Å². The third-order valence-electron chi connectivity index (χ3n) is 4.92. The Hall–Kier alpha value is -3.43. The molecule has 0 N–H and O–H groups in total. The molecule has 34 heavy (non-hydrogen) atoms. The van der Waals surface area contributed by atoms with Gasteiger partial charge in [-0.2, -0.15) is 0 Å². The number of hydrogen-bond donors (Lipinski definition) is 0. The van der Waals surface area contributed by atoms with E-state index in [4.69, 9.17) is 0 Å². The Bertz CT molecular complexity index is 1160. The summed E-state index contributed by atoms with van der Waals surface area (Å²) in [4.78, 5) is 34.4. The van der Waals surface area contributed by atoms with E-state index >= 15 is 0 Å². The molecule has 6 nitrogen and oxygen atoms in total. The van der Waals surface area contributed by atoms with Gasteiger partial charge in [0.25, 0.3) is 0 Å². The number of aromatic nitrogens is 1. The van der Waals surface area contributed by atoms with Crippen molar-refractivity contribution < 1.29 is 18.4 Å². The van der Waals surface area contributed by atoms with Crippen LogP contribution in [0.5, 0.6) is 0 Å². The van der Waals surface area contributed by atoms with Gasteiger partial charge in [-0.3, -0.25) is 14.5 Å². The first-order chi connectivity index (χ1) is 16.2. The third kappa shape index (κ3) is 6.79. The number of amides is 2. The van der Waals surface area contributed by atoms with Crippen LogP contribution in [0.15, 0.2) is 60.0 Å². The minimum Gasteiger partial charge on any atom is -0.334 e. The fraction of sp³-hybridized carbons (Fsp3) is 0.240. The van der Waals surface area contributed by atoms with Gasteiger partial charge in [0.1, 0.15) is 11.6 Å². The van der Waals surface area contributed by atoms with Crippen LogP contribution < -0.4 is 4.90 Å². The molecule has 0 radical (unpaired) electrons. The van der Waals surface area contributed by atoms with Crippen LogP contribution in [-0.2, 0) is 16.1 Å². The van der Waals surface area contributed by atoms with E-state index in [9.17, 15) is 18.4 Å². The number of benzene rings is 2. The topological polar surface area (TPSA) is 56.8 Å². The van der Waals surface area contributed by atoms with Crippen molar-refractivity contribution in [1.82, 2.24) is 14.8 Å². The number of rotatable bonds is 9. The molecule has 0 saturated carbocycles. The van der Waals surface area contributed by atoms with Crippen molar-refractivity contribution in [1.29, 1.82) is 0 Å². The van der Waals surface area contributed by atoms with Crippen LogP contribution in [0.4, 0.5) is 19.6 Å². The summed E-state index contributed by atoms with van der Waals surface area (Å²) >= 11 is 1.18. The molecule has 0 aliphatic heterocycles. The van der Waals surface area contributed by atoms with Gasteiger partial charge in [0.05, 0.1) is 11.4 Å². The fourth-order valence-corrected chi connectivity index (χ4v) is 4.00. The maximum absolute atomic E-state index is 14.3. The number of hydrogen-bond acceptors (Lipinski definition) is 5. The van der Waals surface area contributed by atoms with Crippen LogP contribution in [0.2, 0.25) is 0 Å².